The van der Waals surface area contributed by atoms with Crippen molar-refractivity contribution in [3.05, 3.63) is 39.2 Å². The Labute approximate surface area is 116 Å². The molecular weight excluding hydrogens is 254 g/mol. The maximum Gasteiger partial charge on any atom is 0.341 e. The van der Waals surface area contributed by atoms with E-state index in [1.54, 1.807) is 12.1 Å². The number of rotatable bonds is 1. The average Bonchev–Trinajstić information content (AvgIpc) is 2.39. The lowest BCUT2D eigenvalue weighted by Gasteiger charge is -2.26. The highest BCUT2D eigenvalue weighted by Crippen LogP contribution is 2.32. The molecule has 0 atom stereocenters. The minimum absolute atomic E-state index is 0.172. The molecule has 0 saturated carbocycles. The van der Waals surface area contributed by atoms with Gasteiger partial charge in [-0.05, 0) is 36.6 Å². The van der Waals surface area contributed by atoms with Gasteiger partial charge in [0.1, 0.15) is 11.3 Å². The van der Waals surface area contributed by atoms with Gasteiger partial charge in [-0.15, -0.1) is 6.42 Å². The van der Waals surface area contributed by atoms with Crippen LogP contribution in [0.25, 0.3) is 11.0 Å². The predicted molar refractivity (Wildman–Crippen MR) is 76.7 cm³/mol. The quantitative estimate of drug-likeness (QED) is 0.633. The van der Waals surface area contributed by atoms with Gasteiger partial charge < -0.3 is 9.52 Å². The summed E-state index contributed by atoms with van der Waals surface area (Å²) in [5, 5.41) is 10.8. The van der Waals surface area contributed by atoms with Crippen LogP contribution in [0.1, 0.15) is 16.7 Å². The number of hydrogen-bond acceptors (Lipinski definition) is 4. The van der Waals surface area contributed by atoms with Gasteiger partial charge in [0.15, 0.2) is 0 Å². The molecule has 102 valence electrons. The number of aromatic hydroxyl groups is 1. The summed E-state index contributed by atoms with van der Waals surface area (Å²) in [5.41, 5.74) is 2.49. The maximum absolute atomic E-state index is 12.1. The number of phenols is 1. The zero-order chi connectivity index (χ0) is 14.3. The van der Waals surface area contributed by atoms with Crippen molar-refractivity contribution in [2.45, 2.75) is 19.9 Å². The molecular formula is C16H15NO3. The van der Waals surface area contributed by atoms with Crippen molar-refractivity contribution < 1.29 is 9.52 Å². The van der Waals surface area contributed by atoms with E-state index in [0.29, 0.717) is 36.0 Å². The van der Waals surface area contributed by atoms with Crippen molar-refractivity contribution in [3.8, 4) is 18.1 Å². The van der Waals surface area contributed by atoms with Crippen LogP contribution in [0.3, 0.4) is 0 Å². The number of hydrogen-bond donors (Lipinski definition) is 1. The second-order valence-corrected chi connectivity index (χ2v) is 5.17. The zero-order valence-electron chi connectivity index (χ0n) is 11.3. The molecule has 2 aromatic rings. The smallest absolute Gasteiger partial charge is 0.341 e. The summed E-state index contributed by atoms with van der Waals surface area (Å²) in [6.07, 6.45) is 6.01. The van der Waals surface area contributed by atoms with E-state index in [1.807, 2.05) is 11.8 Å². The van der Waals surface area contributed by atoms with E-state index in [-0.39, 0.29) is 11.4 Å². The van der Waals surface area contributed by atoms with Crippen LogP contribution >= 0.6 is 0 Å². The molecule has 1 aliphatic rings. The number of nitrogens with zero attached hydrogens (tertiary/aromatic N) is 1. The van der Waals surface area contributed by atoms with E-state index in [0.717, 1.165) is 17.7 Å². The number of fused-ring (bicyclic) bond motifs is 3. The van der Waals surface area contributed by atoms with Crippen LogP contribution in [-0.2, 0) is 13.0 Å². The molecule has 0 spiro atoms. The van der Waals surface area contributed by atoms with Crippen LogP contribution in [0.5, 0.6) is 5.75 Å². The Kier molecular flexibility index (Phi) is 3.00. The van der Waals surface area contributed by atoms with Crippen molar-refractivity contribution >= 4 is 11.0 Å². The van der Waals surface area contributed by atoms with Gasteiger partial charge in [-0.1, -0.05) is 5.92 Å². The van der Waals surface area contributed by atoms with Crippen LogP contribution in [0.4, 0.5) is 0 Å². The molecule has 0 saturated heterocycles. The first-order chi connectivity index (χ1) is 9.60. The van der Waals surface area contributed by atoms with E-state index in [4.69, 9.17) is 10.8 Å². The highest BCUT2D eigenvalue weighted by atomic mass is 16.4. The van der Waals surface area contributed by atoms with Crippen LogP contribution in [0.2, 0.25) is 0 Å². The summed E-state index contributed by atoms with van der Waals surface area (Å²) >= 11 is 0. The fourth-order valence-corrected chi connectivity index (χ4v) is 2.83. The molecule has 0 bridgehead atoms. The normalized spacial score (nSPS) is 15.0. The van der Waals surface area contributed by atoms with Gasteiger partial charge in [0.2, 0.25) is 0 Å². The summed E-state index contributed by atoms with van der Waals surface area (Å²) < 4.78 is 5.35. The Morgan fingerprint density at radius 3 is 3.00 bits per heavy atom. The van der Waals surface area contributed by atoms with Gasteiger partial charge >= 0.3 is 5.63 Å². The van der Waals surface area contributed by atoms with Crippen LogP contribution in [0.15, 0.2) is 21.3 Å². The standard InChI is InChI=1S/C16H15NO3/c1-3-5-17-6-4-11-12(9-17)16(19)20-14-8-10(2)7-13(18)15(11)14/h1,7-8,18H,4-6,9H2,2H3. The zero-order valence-corrected chi connectivity index (χ0v) is 11.3. The molecule has 1 aromatic heterocycles. The third-order valence-corrected chi connectivity index (χ3v) is 3.72. The Bertz CT molecular complexity index is 783. The minimum Gasteiger partial charge on any atom is -0.507 e. The van der Waals surface area contributed by atoms with Crippen molar-refractivity contribution in [1.29, 1.82) is 0 Å². The maximum atomic E-state index is 12.1. The minimum atomic E-state index is -0.334. The average molecular weight is 269 g/mol. The lowest BCUT2D eigenvalue weighted by atomic mass is 9.96. The number of benzene rings is 1. The topological polar surface area (TPSA) is 53.7 Å². The number of phenolic OH excluding ortho intramolecular Hbond substituents is 1. The van der Waals surface area contributed by atoms with Crippen LogP contribution in [-0.4, -0.2) is 23.1 Å². The van der Waals surface area contributed by atoms with E-state index in [1.165, 1.54) is 0 Å². The molecule has 4 heteroatoms. The molecule has 2 heterocycles. The monoisotopic (exact) mass is 269 g/mol. The summed E-state index contributed by atoms with van der Waals surface area (Å²) in [6, 6.07) is 3.47. The third kappa shape index (κ3) is 1.97. The molecule has 1 N–H and O–H groups in total. The van der Waals surface area contributed by atoms with Crippen LogP contribution < -0.4 is 5.63 Å². The second-order valence-electron chi connectivity index (χ2n) is 5.17. The van der Waals surface area contributed by atoms with Gasteiger partial charge in [0, 0.05) is 13.1 Å². The van der Waals surface area contributed by atoms with Crippen molar-refractivity contribution in [1.82, 2.24) is 4.90 Å². The highest BCUT2D eigenvalue weighted by Gasteiger charge is 2.23. The first-order valence-corrected chi connectivity index (χ1v) is 6.54. The molecule has 20 heavy (non-hydrogen) atoms. The molecule has 1 aromatic carbocycles. The summed E-state index contributed by atoms with van der Waals surface area (Å²) in [5.74, 6) is 2.76. The predicted octanol–water partition coefficient (Wildman–Crippen LogP) is 1.80. The molecule has 0 aliphatic carbocycles. The molecule has 3 rings (SSSR count). The lowest BCUT2D eigenvalue weighted by Crippen LogP contribution is -2.34. The molecule has 4 nitrogen and oxygen atoms in total. The Hall–Kier alpha value is -2.25. The number of aryl methyl sites for hydroxylation is 1. The fraction of sp³-hybridized carbons (Fsp3) is 0.312. The molecule has 0 amide bonds. The van der Waals surface area contributed by atoms with E-state index < -0.39 is 0 Å². The van der Waals surface area contributed by atoms with Gasteiger partial charge in [0.25, 0.3) is 0 Å². The Morgan fingerprint density at radius 1 is 1.45 bits per heavy atom. The Morgan fingerprint density at radius 2 is 2.25 bits per heavy atom. The Balaban J connectivity index is 2.23. The van der Waals surface area contributed by atoms with Gasteiger partial charge in [0.05, 0.1) is 17.5 Å². The van der Waals surface area contributed by atoms with Gasteiger partial charge in [-0.3, -0.25) is 4.90 Å². The summed E-state index contributed by atoms with van der Waals surface area (Å²) in [6.45, 7) is 3.62. The van der Waals surface area contributed by atoms with Gasteiger partial charge in [-0.25, -0.2) is 4.79 Å². The second kappa shape index (κ2) is 4.69. The molecule has 0 fully saturated rings. The first kappa shape index (κ1) is 12.8. The van der Waals surface area contributed by atoms with Crippen LogP contribution in [0, 0.1) is 19.3 Å². The largest absolute Gasteiger partial charge is 0.507 e. The number of terminal acetylenes is 1. The van der Waals surface area contributed by atoms with Crippen molar-refractivity contribution in [2.24, 2.45) is 0 Å². The van der Waals surface area contributed by atoms with Crippen molar-refractivity contribution in [3.63, 3.8) is 0 Å². The summed E-state index contributed by atoms with van der Waals surface area (Å²) in [7, 11) is 0. The fourth-order valence-electron chi connectivity index (χ4n) is 2.83. The lowest BCUT2D eigenvalue weighted by molar-refractivity contribution is 0.280. The van der Waals surface area contributed by atoms with E-state index >= 15 is 0 Å². The van der Waals surface area contributed by atoms with Crippen molar-refractivity contribution in [2.75, 3.05) is 13.1 Å². The van der Waals surface area contributed by atoms with E-state index in [2.05, 4.69) is 5.92 Å². The van der Waals surface area contributed by atoms with Gasteiger partial charge in [-0.2, -0.15) is 0 Å². The third-order valence-electron chi connectivity index (χ3n) is 3.72. The first-order valence-electron chi connectivity index (χ1n) is 6.54. The summed E-state index contributed by atoms with van der Waals surface area (Å²) in [4.78, 5) is 14.1. The highest BCUT2D eigenvalue weighted by molar-refractivity contribution is 5.88. The molecule has 1 aliphatic heterocycles. The molecule has 0 unspecified atom stereocenters. The van der Waals surface area contributed by atoms with E-state index in [9.17, 15) is 9.90 Å². The molecule has 0 radical (unpaired) electrons. The SMILES string of the molecule is C#CCN1CCc2c(c(=O)oc3cc(C)cc(O)c23)C1.